The number of halogens is 1. The minimum Gasteiger partial charge on any atom is -0.353 e. The standard InChI is InChI=1S/C20H21ClN2O2S/c21-15-7-5-14(6-8-15)13-19(24)22-16-9-11-23(12-10-16)20(25)17-3-1-2-4-18(17)26/h1-8,16,26H,9-13H2,(H,22,24). The van der Waals surface area contributed by atoms with Crippen molar-refractivity contribution in [1.29, 1.82) is 0 Å². The number of nitrogens with zero attached hydrogens (tertiary/aromatic N) is 1. The van der Waals surface area contributed by atoms with Gasteiger partial charge in [0, 0.05) is 29.0 Å². The zero-order valence-corrected chi connectivity index (χ0v) is 16.0. The fourth-order valence-corrected chi connectivity index (χ4v) is 3.50. The summed E-state index contributed by atoms with van der Waals surface area (Å²) in [4.78, 5) is 27.3. The van der Waals surface area contributed by atoms with Gasteiger partial charge in [-0.3, -0.25) is 9.59 Å². The van der Waals surface area contributed by atoms with Crippen LogP contribution in [0.4, 0.5) is 0 Å². The van der Waals surface area contributed by atoms with Gasteiger partial charge in [0.2, 0.25) is 5.91 Å². The molecule has 26 heavy (non-hydrogen) atoms. The number of nitrogens with one attached hydrogen (secondary N) is 1. The largest absolute Gasteiger partial charge is 0.353 e. The molecule has 1 fully saturated rings. The fraction of sp³-hybridized carbons (Fsp3) is 0.300. The van der Waals surface area contributed by atoms with Gasteiger partial charge in [-0.25, -0.2) is 0 Å². The average Bonchev–Trinajstić information content (AvgIpc) is 2.64. The molecule has 0 spiro atoms. The van der Waals surface area contributed by atoms with Crippen molar-refractivity contribution in [2.75, 3.05) is 13.1 Å². The second-order valence-corrected chi connectivity index (χ2v) is 7.37. The summed E-state index contributed by atoms with van der Waals surface area (Å²) < 4.78 is 0. The summed E-state index contributed by atoms with van der Waals surface area (Å²) in [5, 5.41) is 3.73. The Bertz CT molecular complexity index is 787. The van der Waals surface area contributed by atoms with Crippen molar-refractivity contribution in [3.05, 3.63) is 64.7 Å². The molecular weight excluding hydrogens is 368 g/mol. The van der Waals surface area contributed by atoms with Crippen molar-refractivity contribution in [2.45, 2.75) is 30.2 Å². The molecule has 136 valence electrons. The number of carbonyl (C=O) groups excluding carboxylic acids is 2. The van der Waals surface area contributed by atoms with E-state index < -0.39 is 0 Å². The summed E-state index contributed by atoms with van der Waals surface area (Å²) in [5.74, 6) is -0.000608. The smallest absolute Gasteiger partial charge is 0.254 e. The molecule has 0 atom stereocenters. The van der Waals surface area contributed by atoms with Crippen LogP contribution in [0.5, 0.6) is 0 Å². The summed E-state index contributed by atoms with van der Waals surface area (Å²) in [7, 11) is 0. The lowest BCUT2D eigenvalue weighted by molar-refractivity contribution is -0.121. The quantitative estimate of drug-likeness (QED) is 0.786. The van der Waals surface area contributed by atoms with Gasteiger partial charge in [0.1, 0.15) is 0 Å². The van der Waals surface area contributed by atoms with E-state index in [0.717, 1.165) is 18.4 Å². The van der Waals surface area contributed by atoms with Gasteiger partial charge in [-0.2, -0.15) is 0 Å². The highest BCUT2D eigenvalue weighted by Crippen LogP contribution is 2.19. The predicted octanol–water partition coefficient (Wildman–Crippen LogP) is 3.59. The summed E-state index contributed by atoms with van der Waals surface area (Å²) in [6, 6.07) is 14.7. The Labute approximate surface area is 163 Å². The van der Waals surface area contributed by atoms with Crippen LogP contribution in [0.2, 0.25) is 5.02 Å². The van der Waals surface area contributed by atoms with E-state index in [1.807, 2.05) is 35.2 Å². The molecule has 0 bridgehead atoms. The average molecular weight is 389 g/mol. The van der Waals surface area contributed by atoms with Crippen LogP contribution >= 0.6 is 24.2 Å². The molecular formula is C20H21ClN2O2S. The highest BCUT2D eigenvalue weighted by Gasteiger charge is 2.25. The van der Waals surface area contributed by atoms with E-state index in [9.17, 15) is 9.59 Å². The topological polar surface area (TPSA) is 49.4 Å². The molecule has 2 aromatic rings. The van der Waals surface area contributed by atoms with Gasteiger partial charge in [-0.1, -0.05) is 35.9 Å². The van der Waals surface area contributed by atoms with Crippen molar-refractivity contribution in [2.24, 2.45) is 0 Å². The third kappa shape index (κ3) is 4.80. The normalized spacial score (nSPS) is 14.9. The molecule has 0 radical (unpaired) electrons. The van der Waals surface area contributed by atoms with Crippen LogP contribution in [0, 0.1) is 0 Å². The summed E-state index contributed by atoms with van der Waals surface area (Å²) >= 11 is 10.2. The van der Waals surface area contributed by atoms with Crippen LogP contribution in [-0.4, -0.2) is 35.8 Å². The van der Waals surface area contributed by atoms with Crippen LogP contribution in [0.25, 0.3) is 0 Å². The maximum atomic E-state index is 12.6. The Morgan fingerprint density at radius 1 is 1.08 bits per heavy atom. The maximum absolute atomic E-state index is 12.6. The Hall–Kier alpha value is -1.98. The van der Waals surface area contributed by atoms with E-state index in [0.29, 0.717) is 35.0 Å². The number of hydrogen-bond donors (Lipinski definition) is 2. The molecule has 0 saturated carbocycles. The van der Waals surface area contributed by atoms with E-state index in [1.165, 1.54) is 0 Å². The highest BCUT2D eigenvalue weighted by molar-refractivity contribution is 7.80. The Morgan fingerprint density at radius 3 is 2.38 bits per heavy atom. The van der Waals surface area contributed by atoms with Crippen LogP contribution < -0.4 is 5.32 Å². The first-order valence-electron chi connectivity index (χ1n) is 8.64. The number of likely N-dealkylation sites (tertiary alicyclic amines) is 1. The molecule has 0 aromatic heterocycles. The monoisotopic (exact) mass is 388 g/mol. The number of thiol groups is 1. The van der Waals surface area contributed by atoms with Gasteiger partial charge in [0.05, 0.1) is 12.0 Å². The minimum absolute atomic E-state index is 0.00143. The zero-order chi connectivity index (χ0) is 18.5. The van der Waals surface area contributed by atoms with E-state index in [2.05, 4.69) is 17.9 Å². The molecule has 1 saturated heterocycles. The van der Waals surface area contributed by atoms with Crippen molar-refractivity contribution >= 4 is 36.0 Å². The lowest BCUT2D eigenvalue weighted by atomic mass is 10.0. The minimum atomic E-state index is -0.00203. The van der Waals surface area contributed by atoms with Crippen LogP contribution in [0.15, 0.2) is 53.4 Å². The lowest BCUT2D eigenvalue weighted by Gasteiger charge is -2.32. The molecule has 3 rings (SSSR count). The molecule has 4 nitrogen and oxygen atoms in total. The zero-order valence-electron chi connectivity index (χ0n) is 14.3. The Kier molecular flexibility index (Phi) is 6.22. The number of amides is 2. The Morgan fingerprint density at radius 2 is 1.73 bits per heavy atom. The van der Waals surface area contributed by atoms with Gasteiger partial charge in [-0.15, -0.1) is 12.6 Å². The molecule has 0 aliphatic carbocycles. The SMILES string of the molecule is O=C(Cc1ccc(Cl)cc1)NC1CCN(C(=O)c2ccccc2S)CC1. The van der Waals surface area contributed by atoms with Crippen molar-refractivity contribution in [1.82, 2.24) is 10.2 Å². The molecule has 6 heteroatoms. The number of carbonyl (C=O) groups is 2. The summed E-state index contributed by atoms with van der Waals surface area (Å²) in [6.45, 7) is 1.26. The first kappa shape index (κ1) is 18.8. The first-order valence-corrected chi connectivity index (χ1v) is 9.46. The number of hydrogen-bond acceptors (Lipinski definition) is 3. The fourth-order valence-electron chi connectivity index (χ4n) is 3.12. The molecule has 2 amide bonds. The van der Waals surface area contributed by atoms with E-state index >= 15 is 0 Å². The number of benzene rings is 2. The number of rotatable bonds is 4. The van der Waals surface area contributed by atoms with E-state index in [4.69, 9.17) is 11.6 Å². The number of piperidine rings is 1. The van der Waals surface area contributed by atoms with Crippen molar-refractivity contribution < 1.29 is 9.59 Å². The van der Waals surface area contributed by atoms with Gasteiger partial charge in [-0.05, 0) is 42.7 Å². The maximum Gasteiger partial charge on any atom is 0.254 e. The third-order valence-electron chi connectivity index (χ3n) is 4.56. The molecule has 1 N–H and O–H groups in total. The van der Waals surface area contributed by atoms with E-state index in [-0.39, 0.29) is 17.9 Å². The lowest BCUT2D eigenvalue weighted by Crippen LogP contribution is -2.47. The van der Waals surface area contributed by atoms with Gasteiger partial charge >= 0.3 is 0 Å². The first-order chi connectivity index (χ1) is 12.5. The van der Waals surface area contributed by atoms with Gasteiger partial charge in [0.15, 0.2) is 0 Å². The van der Waals surface area contributed by atoms with Crippen LogP contribution in [0.1, 0.15) is 28.8 Å². The van der Waals surface area contributed by atoms with Crippen LogP contribution in [0.3, 0.4) is 0 Å². The predicted molar refractivity (Wildman–Crippen MR) is 106 cm³/mol. The van der Waals surface area contributed by atoms with Gasteiger partial charge < -0.3 is 10.2 Å². The van der Waals surface area contributed by atoms with Gasteiger partial charge in [0.25, 0.3) is 5.91 Å². The highest BCUT2D eigenvalue weighted by atomic mass is 35.5. The van der Waals surface area contributed by atoms with Crippen molar-refractivity contribution in [3.63, 3.8) is 0 Å². The van der Waals surface area contributed by atoms with E-state index in [1.54, 1.807) is 18.2 Å². The van der Waals surface area contributed by atoms with Crippen molar-refractivity contribution in [3.8, 4) is 0 Å². The molecule has 1 heterocycles. The third-order valence-corrected chi connectivity index (χ3v) is 5.20. The molecule has 1 aliphatic rings. The summed E-state index contributed by atoms with van der Waals surface area (Å²) in [5.41, 5.74) is 1.56. The molecule has 0 unspecified atom stereocenters. The molecule has 2 aromatic carbocycles. The summed E-state index contributed by atoms with van der Waals surface area (Å²) in [6.07, 6.45) is 1.85. The Balaban J connectivity index is 1.49. The second kappa shape index (κ2) is 8.60. The second-order valence-electron chi connectivity index (χ2n) is 6.45. The van der Waals surface area contributed by atoms with Crippen LogP contribution in [-0.2, 0) is 11.2 Å². The molecule has 1 aliphatic heterocycles.